The molecule has 0 aliphatic rings. The van der Waals surface area contributed by atoms with E-state index in [0.29, 0.717) is 17.3 Å². The fraction of sp³-hybridized carbons (Fsp3) is 0.182. The molecular formula is C11H10ClFN2S. The van der Waals surface area contributed by atoms with E-state index in [2.05, 4.69) is 10.3 Å². The molecule has 0 radical (unpaired) electrons. The Balaban J connectivity index is 2.10. The summed E-state index contributed by atoms with van der Waals surface area (Å²) < 4.78 is 13.0. The van der Waals surface area contributed by atoms with Gasteiger partial charge >= 0.3 is 0 Å². The smallest absolute Gasteiger partial charge is 0.125 e. The molecule has 16 heavy (non-hydrogen) atoms. The van der Waals surface area contributed by atoms with Crippen molar-refractivity contribution < 1.29 is 4.39 Å². The zero-order valence-corrected chi connectivity index (χ0v) is 10.2. The van der Waals surface area contributed by atoms with Crippen molar-refractivity contribution in [1.29, 1.82) is 0 Å². The number of aryl methyl sites for hydroxylation is 1. The van der Waals surface area contributed by atoms with Crippen molar-refractivity contribution in [2.24, 2.45) is 0 Å². The van der Waals surface area contributed by atoms with Crippen molar-refractivity contribution in [1.82, 2.24) is 4.98 Å². The minimum Gasteiger partial charge on any atom is -0.379 e. The molecule has 0 spiro atoms. The highest BCUT2D eigenvalue weighted by molar-refractivity contribution is 7.09. The van der Waals surface area contributed by atoms with E-state index in [1.807, 2.05) is 6.92 Å². The second-order valence-electron chi connectivity index (χ2n) is 3.34. The van der Waals surface area contributed by atoms with Crippen LogP contribution in [0.3, 0.4) is 0 Å². The predicted molar refractivity (Wildman–Crippen MR) is 65.6 cm³/mol. The molecule has 0 unspecified atom stereocenters. The third-order valence-corrected chi connectivity index (χ3v) is 3.48. The summed E-state index contributed by atoms with van der Waals surface area (Å²) in [6, 6.07) is 4.27. The van der Waals surface area contributed by atoms with Crippen molar-refractivity contribution in [3.8, 4) is 0 Å². The molecule has 1 aromatic heterocycles. The van der Waals surface area contributed by atoms with Crippen LogP contribution >= 0.6 is 22.9 Å². The SMILES string of the molecule is Cc1ncsc1CNc1cc(F)ccc1Cl. The number of hydrogen-bond donors (Lipinski definition) is 1. The zero-order chi connectivity index (χ0) is 11.5. The van der Waals surface area contributed by atoms with Gasteiger partial charge in [0.25, 0.3) is 0 Å². The lowest BCUT2D eigenvalue weighted by molar-refractivity contribution is 0.628. The van der Waals surface area contributed by atoms with Gasteiger partial charge in [-0.1, -0.05) is 11.6 Å². The first-order chi connectivity index (χ1) is 7.66. The minimum absolute atomic E-state index is 0.298. The summed E-state index contributed by atoms with van der Waals surface area (Å²) in [5.41, 5.74) is 3.39. The number of anilines is 1. The lowest BCUT2D eigenvalue weighted by Gasteiger charge is -2.07. The third kappa shape index (κ3) is 2.51. The van der Waals surface area contributed by atoms with E-state index in [1.54, 1.807) is 22.9 Å². The number of aromatic nitrogens is 1. The van der Waals surface area contributed by atoms with Crippen LogP contribution in [0.2, 0.25) is 5.02 Å². The molecule has 5 heteroatoms. The van der Waals surface area contributed by atoms with Crippen LogP contribution in [-0.4, -0.2) is 4.98 Å². The summed E-state index contributed by atoms with van der Waals surface area (Å²) in [5, 5.41) is 3.61. The molecule has 1 N–H and O–H groups in total. The Hall–Kier alpha value is -1.13. The molecule has 0 atom stereocenters. The van der Waals surface area contributed by atoms with Crippen LogP contribution in [0.15, 0.2) is 23.7 Å². The Labute approximate surface area is 102 Å². The Morgan fingerprint density at radius 2 is 2.31 bits per heavy atom. The van der Waals surface area contributed by atoms with E-state index in [-0.39, 0.29) is 5.82 Å². The molecule has 2 rings (SSSR count). The molecule has 0 amide bonds. The fourth-order valence-corrected chi connectivity index (χ4v) is 2.21. The summed E-state index contributed by atoms with van der Waals surface area (Å²) in [5.74, 6) is -0.298. The highest BCUT2D eigenvalue weighted by Crippen LogP contribution is 2.24. The first-order valence-electron chi connectivity index (χ1n) is 4.74. The van der Waals surface area contributed by atoms with Crippen molar-refractivity contribution >= 4 is 28.6 Å². The summed E-state index contributed by atoms with van der Waals surface area (Å²) >= 11 is 7.50. The maximum absolute atomic E-state index is 13.0. The van der Waals surface area contributed by atoms with Crippen LogP contribution in [0, 0.1) is 12.7 Å². The Morgan fingerprint density at radius 1 is 1.50 bits per heavy atom. The Kier molecular flexibility index (Phi) is 3.41. The number of rotatable bonds is 3. The topological polar surface area (TPSA) is 24.9 Å². The summed E-state index contributed by atoms with van der Waals surface area (Å²) in [6.45, 7) is 2.56. The highest BCUT2D eigenvalue weighted by atomic mass is 35.5. The fourth-order valence-electron chi connectivity index (χ4n) is 1.30. The van der Waals surface area contributed by atoms with Crippen molar-refractivity contribution in [3.63, 3.8) is 0 Å². The van der Waals surface area contributed by atoms with E-state index in [1.165, 1.54) is 12.1 Å². The molecule has 0 saturated heterocycles. The third-order valence-electron chi connectivity index (χ3n) is 2.21. The average Bonchev–Trinajstić information content (AvgIpc) is 2.66. The van der Waals surface area contributed by atoms with Gasteiger partial charge in [-0.05, 0) is 25.1 Å². The van der Waals surface area contributed by atoms with Gasteiger partial charge in [-0.2, -0.15) is 0 Å². The molecule has 2 nitrogen and oxygen atoms in total. The molecule has 0 aliphatic carbocycles. The molecule has 0 saturated carbocycles. The molecule has 84 valence electrons. The van der Waals surface area contributed by atoms with E-state index in [4.69, 9.17) is 11.6 Å². The molecule has 1 heterocycles. The van der Waals surface area contributed by atoms with Gasteiger partial charge in [0.1, 0.15) is 5.82 Å². The van der Waals surface area contributed by atoms with Crippen LogP contribution in [0.5, 0.6) is 0 Å². The minimum atomic E-state index is -0.298. The Bertz CT molecular complexity index is 498. The van der Waals surface area contributed by atoms with Crippen molar-refractivity contribution in [2.75, 3.05) is 5.32 Å². The average molecular weight is 257 g/mol. The maximum Gasteiger partial charge on any atom is 0.125 e. The zero-order valence-electron chi connectivity index (χ0n) is 8.63. The maximum atomic E-state index is 13.0. The molecule has 0 fully saturated rings. The Morgan fingerprint density at radius 3 is 3.00 bits per heavy atom. The number of nitrogens with one attached hydrogen (secondary N) is 1. The summed E-state index contributed by atoms with van der Waals surface area (Å²) in [7, 11) is 0. The van der Waals surface area contributed by atoms with E-state index in [9.17, 15) is 4.39 Å². The lowest BCUT2D eigenvalue weighted by atomic mass is 10.3. The van der Waals surface area contributed by atoms with Gasteiger partial charge in [0.05, 0.1) is 28.5 Å². The van der Waals surface area contributed by atoms with Gasteiger partial charge in [0.15, 0.2) is 0 Å². The molecule has 1 aromatic carbocycles. The molecular weight excluding hydrogens is 247 g/mol. The second-order valence-corrected chi connectivity index (χ2v) is 4.69. The predicted octanol–water partition coefficient (Wildman–Crippen LogP) is 3.86. The van der Waals surface area contributed by atoms with Crippen molar-refractivity contribution in [2.45, 2.75) is 13.5 Å². The first-order valence-corrected chi connectivity index (χ1v) is 6.00. The molecule has 0 bridgehead atoms. The highest BCUT2D eigenvalue weighted by Gasteiger charge is 2.04. The quantitative estimate of drug-likeness (QED) is 0.902. The van der Waals surface area contributed by atoms with Crippen LogP contribution < -0.4 is 5.32 Å². The monoisotopic (exact) mass is 256 g/mol. The van der Waals surface area contributed by atoms with Crippen molar-refractivity contribution in [3.05, 3.63) is 45.1 Å². The van der Waals surface area contributed by atoms with Crippen LogP contribution in [-0.2, 0) is 6.54 Å². The van der Waals surface area contributed by atoms with Crippen LogP contribution in [0.1, 0.15) is 10.6 Å². The molecule has 2 aromatic rings. The molecule has 0 aliphatic heterocycles. The number of thiazole rings is 1. The summed E-state index contributed by atoms with van der Waals surface area (Å²) in [6.07, 6.45) is 0. The standard InChI is InChI=1S/C11H10ClFN2S/c1-7-11(16-6-15-7)5-14-10-4-8(13)2-3-9(10)12/h2-4,6,14H,5H2,1H3. The number of nitrogens with zero attached hydrogens (tertiary/aromatic N) is 1. The number of halogens is 2. The van der Waals surface area contributed by atoms with Gasteiger partial charge in [-0.25, -0.2) is 9.37 Å². The van der Waals surface area contributed by atoms with Gasteiger partial charge in [0.2, 0.25) is 0 Å². The normalized spacial score (nSPS) is 10.4. The van der Waals surface area contributed by atoms with Gasteiger partial charge in [0, 0.05) is 4.88 Å². The summed E-state index contributed by atoms with van der Waals surface area (Å²) in [4.78, 5) is 5.27. The van der Waals surface area contributed by atoms with Crippen LogP contribution in [0.4, 0.5) is 10.1 Å². The first kappa shape index (κ1) is 11.4. The number of hydrogen-bond acceptors (Lipinski definition) is 3. The van der Waals surface area contributed by atoms with Crippen LogP contribution in [0.25, 0.3) is 0 Å². The lowest BCUT2D eigenvalue weighted by Crippen LogP contribution is -2.00. The van der Waals surface area contributed by atoms with E-state index < -0.39 is 0 Å². The van der Waals surface area contributed by atoms with Gasteiger partial charge < -0.3 is 5.32 Å². The van der Waals surface area contributed by atoms with E-state index in [0.717, 1.165) is 10.6 Å². The van der Waals surface area contributed by atoms with Gasteiger partial charge in [-0.15, -0.1) is 11.3 Å². The second kappa shape index (κ2) is 4.80. The number of benzene rings is 1. The largest absolute Gasteiger partial charge is 0.379 e. The van der Waals surface area contributed by atoms with E-state index >= 15 is 0 Å². The van der Waals surface area contributed by atoms with Gasteiger partial charge in [-0.3, -0.25) is 0 Å².